The fraction of sp³-hybridized carbons (Fsp3) is 0.143. The molecule has 6 heteroatoms. The molecule has 1 amide bonds. The van der Waals surface area contributed by atoms with Crippen LogP contribution in [0.25, 0.3) is 0 Å². The van der Waals surface area contributed by atoms with Crippen molar-refractivity contribution in [3.05, 3.63) is 89.0 Å². The van der Waals surface area contributed by atoms with Crippen molar-refractivity contribution >= 4 is 23.4 Å². The van der Waals surface area contributed by atoms with E-state index >= 15 is 0 Å². The minimum Gasteiger partial charge on any atom is -0.468 e. The molecule has 1 aliphatic rings. The van der Waals surface area contributed by atoms with Gasteiger partial charge in [0.2, 0.25) is 0 Å². The number of dihydropyridines is 1. The molecule has 2 aromatic rings. The molecule has 2 heterocycles. The average Bonchev–Trinajstić information content (AvgIpc) is 3.20. The molecule has 1 aromatic heterocycles. The lowest BCUT2D eigenvalue weighted by atomic mass is 9.85. The molecule has 27 heavy (non-hydrogen) atoms. The first-order valence-electron chi connectivity index (χ1n) is 8.41. The van der Waals surface area contributed by atoms with E-state index in [1.54, 1.807) is 24.5 Å². The van der Waals surface area contributed by atoms with Crippen molar-refractivity contribution < 1.29 is 9.21 Å². The molecular weight excluding hydrogens is 358 g/mol. The van der Waals surface area contributed by atoms with E-state index in [2.05, 4.69) is 23.3 Å². The number of amides is 1. The number of nitrogens with one attached hydrogen (secondary N) is 2. The van der Waals surface area contributed by atoms with Crippen LogP contribution < -0.4 is 10.6 Å². The van der Waals surface area contributed by atoms with Crippen LogP contribution in [0.15, 0.2) is 87.7 Å². The molecule has 0 fully saturated rings. The summed E-state index contributed by atoms with van der Waals surface area (Å²) >= 11 is 1.47. The molecule has 0 radical (unpaired) electrons. The molecule has 0 bridgehead atoms. The van der Waals surface area contributed by atoms with Crippen molar-refractivity contribution in [2.24, 2.45) is 0 Å². The molecular formula is C21H19N3O2S. The van der Waals surface area contributed by atoms with E-state index in [4.69, 9.17) is 4.42 Å². The summed E-state index contributed by atoms with van der Waals surface area (Å²) in [5.74, 6) is 0.370. The van der Waals surface area contributed by atoms with Gasteiger partial charge in [-0.2, -0.15) is 5.26 Å². The number of thioether (sulfide) groups is 1. The van der Waals surface area contributed by atoms with Crippen LogP contribution in [0, 0.1) is 11.3 Å². The maximum absolute atomic E-state index is 13.1. The largest absolute Gasteiger partial charge is 0.468 e. The third-order valence-electron chi connectivity index (χ3n) is 4.10. The summed E-state index contributed by atoms with van der Waals surface area (Å²) in [6.45, 7) is 5.56. The number of carbonyl (C=O) groups excluding carboxylic acids is 1. The first-order chi connectivity index (χ1) is 13.2. The van der Waals surface area contributed by atoms with E-state index in [-0.39, 0.29) is 5.91 Å². The highest BCUT2D eigenvalue weighted by Crippen LogP contribution is 2.41. The van der Waals surface area contributed by atoms with Gasteiger partial charge in [-0.3, -0.25) is 4.79 Å². The van der Waals surface area contributed by atoms with Crippen molar-refractivity contribution in [2.75, 3.05) is 11.1 Å². The summed E-state index contributed by atoms with van der Waals surface area (Å²) < 4.78 is 5.58. The molecule has 1 aromatic carbocycles. The van der Waals surface area contributed by atoms with Gasteiger partial charge in [-0.25, -0.2) is 0 Å². The SMILES string of the molecule is C=CCSC1=C(C#N)[C@@H](c2ccco2)C(C(=O)Nc2ccccc2)=C(C)N1. The lowest BCUT2D eigenvalue weighted by Crippen LogP contribution is -2.30. The van der Waals surface area contributed by atoms with E-state index in [1.165, 1.54) is 11.8 Å². The van der Waals surface area contributed by atoms with Crippen LogP contribution in [-0.2, 0) is 4.79 Å². The van der Waals surface area contributed by atoms with Gasteiger partial charge in [-0.15, -0.1) is 18.3 Å². The van der Waals surface area contributed by atoms with Crippen LogP contribution in [-0.4, -0.2) is 11.7 Å². The molecule has 1 aliphatic heterocycles. The third kappa shape index (κ3) is 3.99. The first kappa shape index (κ1) is 18.6. The second-order valence-electron chi connectivity index (χ2n) is 5.89. The normalized spacial score (nSPS) is 16.5. The van der Waals surface area contributed by atoms with Gasteiger partial charge in [0.05, 0.1) is 34.4 Å². The van der Waals surface area contributed by atoms with Gasteiger partial charge in [0, 0.05) is 17.1 Å². The van der Waals surface area contributed by atoms with Crippen molar-refractivity contribution in [1.82, 2.24) is 5.32 Å². The number of rotatable bonds is 6. The predicted molar refractivity (Wildman–Crippen MR) is 108 cm³/mol. The molecule has 3 rings (SSSR count). The number of allylic oxidation sites excluding steroid dienone is 2. The molecule has 2 N–H and O–H groups in total. The van der Waals surface area contributed by atoms with Crippen molar-refractivity contribution in [3.8, 4) is 6.07 Å². The summed E-state index contributed by atoms with van der Waals surface area (Å²) in [7, 11) is 0. The highest BCUT2D eigenvalue weighted by Gasteiger charge is 2.36. The van der Waals surface area contributed by atoms with Gasteiger partial charge in [0.1, 0.15) is 5.76 Å². The summed E-state index contributed by atoms with van der Waals surface area (Å²) in [6.07, 6.45) is 3.32. The zero-order valence-electron chi connectivity index (χ0n) is 14.9. The number of anilines is 1. The van der Waals surface area contributed by atoms with Crippen LogP contribution in [0.1, 0.15) is 18.6 Å². The van der Waals surface area contributed by atoms with Gasteiger partial charge in [-0.05, 0) is 31.2 Å². The smallest absolute Gasteiger partial charge is 0.254 e. The molecule has 0 saturated carbocycles. The van der Waals surface area contributed by atoms with Crippen LogP contribution >= 0.6 is 11.8 Å². The Balaban J connectivity index is 2.02. The number of para-hydroxylation sites is 1. The number of nitriles is 1. The summed E-state index contributed by atoms with van der Waals surface area (Å²) in [4.78, 5) is 13.1. The molecule has 136 valence electrons. The minimum absolute atomic E-state index is 0.270. The number of benzene rings is 1. The van der Waals surface area contributed by atoms with Crippen molar-refractivity contribution in [3.63, 3.8) is 0 Å². The molecule has 0 saturated heterocycles. The van der Waals surface area contributed by atoms with Crippen LogP contribution in [0.2, 0.25) is 0 Å². The Morgan fingerprint density at radius 3 is 2.78 bits per heavy atom. The number of nitrogens with zero attached hydrogens (tertiary/aromatic N) is 1. The van der Waals surface area contributed by atoms with E-state index in [9.17, 15) is 10.1 Å². The Bertz CT molecular complexity index is 938. The van der Waals surface area contributed by atoms with Crippen LogP contribution in [0.3, 0.4) is 0 Å². The van der Waals surface area contributed by atoms with Crippen molar-refractivity contribution in [1.29, 1.82) is 5.26 Å². The zero-order chi connectivity index (χ0) is 19.2. The molecule has 0 unspecified atom stereocenters. The maximum Gasteiger partial charge on any atom is 0.254 e. The minimum atomic E-state index is -0.567. The predicted octanol–water partition coefficient (Wildman–Crippen LogP) is 4.53. The third-order valence-corrected chi connectivity index (χ3v) is 5.11. The molecule has 1 atom stereocenters. The first-order valence-corrected chi connectivity index (χ1v) is 9.39. The topological polar surface area (TPSA) is 78.1 Å². The van der Waals surface area contributed by atoms with Gasteiger partial charge in [-0.1, -0.05) is 24.3 Å². The average molecular weight is 377 g/mol. The quantitative estimate of drug-likeness (QED) is 0.723. The molecule has 0 aliphatic carbocycles. The van der Waals surface area contributed by atoms with E-state index in [1.807, 2.05) is 37.3 Å². The Morgan fingerprint density at radius 2 is 2.15 bits per heavy atom. The van der Waals surface area contributed by atoms with Gasteiger partial charge < -0.3 is 15.1 Å². The lowest BCUT2D eigenvalue weighted by molar-refractivity contribution is -0.113. The standard InChI is InChI=1S/C21H19N3O2S/c1-3-12-27-21-16(13-22)19(17-10-7-11-26-17)18(14(2)23-21)20(25)24-15-8-5-4-6-9-15/h3-11,19,23H,1,12H2,2H3,(H,24,25)/t19-/m0/s1. The number of furan rings is 1. The highest BCUT2D eigenvalue weighted by atomic mass is 32.2. The van der Waals surface area contributed by atoms with Gasteiger partial charge in [0.15, 0.2) is 0 Å². The second kappa shape index (κ2) is 8.47. The molecule has 0 spiro atoms. The molecule has 5 nitrogen and oxygen atoms in total. The lowest BCUT2D eigenvalue weighted by Gasteiger charge is -2.28. The van der Waals surface area contributed by atoms with E-state index < -0.39 is 5.92 Å². The Morgan fingerprint density at radius 1 is 1.37 bits per heavy atom. The Labute approximate surface area is 162 Å². The van der Waals surface area contributed by atoms with E-state index in [0.717, 1.165) is 0 Å². The maximum atomic E-state index is 13.1. The summed E-state index contributed by atoms with van der Waals surface area (Å²) in [5, 5.41) is 16.7. The fourth-order valence-corrected chi connectivity index (χ4v) is 3.76. The summed E-state index contributed by atoms with van der Waals surface area (Å²) in [5.41, 5.74) is 2.31. The number of hydrogen-bond acceptors (Lipinski definition) is 5. The monoisotopic (exact) mass is 377 g/mol. The second-order valence-corrected chi connectivity index (χ2v) is 6.92. The highest BCUT2D eigenvalue weighted by molar-refractivity contribution is 8.03. The zero-order valence-corrected chi connectivity index (χ0v) is 15.7. The Kier molecular flexibility index (Phi) is 5.84. The summed E-state index contributed by atoms with van der Waals surface area (Å²) in [6, 6.07) is 15.0. The number of hydrogen-bond donors (Lipinski definition) is 2. The van der Waals surface area contributed by atoms with Crippen LogP contribution in [0.4, 0.5) is 5.69 Å². The fourth-order valence-electron chi connectivity index (χ4n) is 2.93. The van der Waals surface area contributed by atoms with E-state index in [0.29, 0.717) is 39.1 Å². The van der Waals surface area contributed by atoms with Crippen LogP contribution in [0.5, 0.6) is 0 Å². The number of carbonyl (C=O) groups is 1. The van der Waals surface area contributed by atoms with Gasteiger partial charge in [0.25, 0.3) is 5.91 Å². The van der Waals surface area contributed by atoms with Crippen molar-refractivity contribution in [2.45, 2.75) is 12.8 Å². The van der Waals surface area contributed by atoms with Gasteiger partial charge >= 0.3 is 0 Å². The Hall–Kier alpha value is -3.17.